The highest BCUT2D eigenvalue weighted by atomic mass is 79.9. The van der Waals surface area contributed by atoms with Gasteiger partial charge >= 0.3 is 5.97 Å². The number of nitro groups is 1. The highest BCUT2D eigenvalue weighted by Gasteiger charge is 2.20. The van der Waals surface area contributed by atoms with Gasteiger partial charge in [0.05, 0.1) is 16.2 Å². The highest BCUT2D eigenvalue weighted by Crippen LogP contribution is 2.30. The van der Waals surface area contributed by atoms with E-state index < -0.39 is 15.7 Å². The second-order valence-electron chi connectivity index (χ2n) is 3.68. The number of hydrogen-bond donors (Lipinski definition) is 1. The van der Waals surface area contributed by atoms with E-state index in [1.807, 2.05) is 0 Å². The van der Waals surface area contributed by atoms with Crippen molar-refractivity contribution in [2.75, 3.05) is 0 Å². The van der Waals surface area contributed by atoms with E-state index in [1.54, 1.807) is 0 Å². The van der Waals surface area contributed by atoms with Crippen molar-refractivity contribution in [1.29, 1.82) is 0 Å². The molecule has 18 heavy (non-hydrogen) atoms. The zero-order valence-electron chi connectivity index (χ0n) is 9.42. The molecule has 6 nitrogen and oxygen atoms in total. The van der Waals surface area contributed by atoms with Crippen LogP contribution in [-0.2, 0) is 16.0 Å². The zero-order chi connectivity index (χ0) is 13.9. The van der Waals surface area contributed by atoms with E-state index >= 15 is 0 Å². The number of hydrogen-bond acceptors (Lipinski definition) is 4. The predicted molar refractivity (Wildman–Crippen MR) is 66.8 cm³/mol. The maximum absolute atomic E-state index is 11.3. The minimum atomic E-state index is -1.11. The fourth-order valence-corrected chi connectivity index (χ4v) is 1.93. The van der Waals surface area contributed by atoms with Crippen molar-refractivity contribution in [3.05, 3.63) is 39.4 Å². The topological polar surface area (TPSA) is 97.5 Å². The molecule has 0 radical (unpaired) electrons. The van der Waals surface area contributed by atoms with E-state index in [1.165, 1.54) is 25.1 Å². The molecular weight excluding hydrogens is 306 g/mol. The smallest absolute Gasteiger partial charge is 0.307 e. The van der Waals surface area contributed by atoms with Gasteiger partial charge in [-0.25, -0.2) is 0 Å². The van der Waals surface area contributed by atoms with Crippen LogP contribution >= 0.6 is 15.9 Å². The molecule has 0 aromatic heterocycles. The third-order valence-electron chi connectivity index (χ3n) is 2.31. The van der Waals surface area contributed by atoms with Gasteiger partial charge in [0.25, 0.3) is 5.69 Å². The van der Waals surface area contributed by atoms with E-state index in [9.17, 15) is 19.7 Å². The van der Waals surface area contributed by atoms with Crippen molar-refractivity contribution < 1.29 is 19.6 Å². The lowest BCUT2D eigenvalue weighted by atomic mass is 9.99. The van der Waals surface area contributed by atoms with Crippen molar-refractivity contribution in [2.24, 2.45) is 0 Å². The molecule has 0 amide bonds. The number of alkyl halides is 1. The van der Waals surface area contributed by atoms with Gasteiger partial charge in [0.2, 0.25) is 0 Å². The van der Waals surface area contributed by atoms with Gasteiger partial charge in [-0.1, -0.05) is 22.0 Å². The Kier molecular flexibility index (Phi) is 4.55. The van der Waals surface area contributed by atoms with Crippen LogP contribution in [0.3, 0.4) is 0 Å². The number of nitrogens with zero attached hydrogens (tertiary/aromatic N) is 1. The Bertz CT molecular complexity index is 514. The Morgan fingerprint density at radius 3 is 2.56 bits per heavy atom. The van der Waals surface area contributed by atoms with E-state index in [0.717, 1.165) is 0 Å². The van der Waals surface area contributed by atoms with E-state index in [2.05, 4.69) is 15.9 Å². The molecule has 1 atom stereocenters. The van der Waals surface area contributed by atoms with E-state index in [0.29, 0.717) is 5.56 Å². The van der Waals surface area contributed by atoms with Gasteiger partial charge in [-0.3, -0.25) is 19.7 Å². The number of carbonyl (C=O) groups is 2. The number of rotatable bonds is 5. The Hall–Kier alpha value is -1.76. The number of carbonyl (C=O) groups excluding carboxylic acids is 1. The number of ketones is 1. The molecule has 1 aromatic rings. The molecule has 0 bridgehead atoms. The average Bonchev–Trinajstić information content (AvgIpc) is 2.26. The van der Waals surface area contributed by atoms with Gasteiger partial charge in [0, 0.05) is 12.1 Å². The fourth-order valence-electron chi connectivity index (χ4n) is 1.49. The Morgan fingerprint density at radius 2 is 2.11 bits per heavy atom. The van der Waals surface area contributed by atoms with Crippen LogP contribution in [0.1, 0.15) is 22.9 Å². The second kappa shape index (κ2) is 5.72. The third-order valence-corrected chi connectivity index (χ3v) is 3.45. The molecule has 1 N–H and O–H groups in total. The number of nitro benzene ring substituents is 1. The lowest BCUT2D eigenvalue weighted by molar-refractivity contribution is -0.384. The van der Waals surface area contributed by atoms with E-state index in [4.69, 9.17) is 5.11 Å². The van der Waals surface area contributed by atoms with Crippen LogP contribution < -0.4 is 0 Å². The number of aliphatic carboxylic acids is 1. The minimum Gasteiger partial charge on any atom is -0.481 e. The summed E-state index contributed by atoms with van der Waals surface area (Å²) in [6, 6.07) is 3.83. The first-order chi connectivity index (χ1) is 8.32. The van der Waals surface area contributed by atoms with Crippen molar-refractivity contribution in [3.8, 4) is 0 Å². The van der Waals surface area contributed by atoms with Gasteiger partial charge in [-0.15, -0.1) is 0 Å². The highest BCUT2D eigenvalue weighted by molar-refractivity contribution is 9.09. The summed E-state index contributed by atoms with van der Waals surface area (Å²) in [4.78, 5) is 31.4. The van der Waals surface area contributed by atoms with Crippen LogP contribution in [0, 0.1) is 10.1 Å². The normalized spacial score (nSPS) is 11.9. The summed E-state index contributed by atoms with van der Waals surface area (Å²) >= 11 is 3.14. The van der Waals surface area contributed by atoms with Gasteiger partial charge in [0.1, 0.15) is 5.78 Å². The summed E-state index contributed by atoms with van der Waals surface area (Å²) in [7, 11) is 0. The van der Waals surface area contributed by atoms with Gasteiger partial charge in [-0.05, 0) is 18.1 Å². The van der Waals surface area contributed by atoms with Gasteiger partial charge in [-0.2, -0.15) is 0 Å². The summed E-state index contributed by atoms with van der Waals surface area (Å²) in [6.07, 6.45) is -0.369. The third kappa shape index (κ3) is 3.36. The summed E-state index contributed by atoms with van der Waals surface area (Å²) < 4.78 is 0. The van der Waals surface area contributed by atoms with Gasteiger partial charge < -0.3 is 5.11 Å². The van der Waals surface area contributed by atoms with Crippen LogP contribution in [0.4, 0.5) is 5.69 Å². The standard InChI is InChI=1S/C11H10BrNO5/c1-6(14)11(12)9-3-2-8(13(17)18)4-7(9)5-10(15)16/h2-4,11H,5H2,1H3,(H,15,16). The molecule has 0 heterocycles. The van der Waals surface area contributed by atoms with Crippen LogP contribution in [0.2, 0.25) is 0 Å². The van der Waals surface area contributed by atoms with Crippen LogP contribution in [0.5, 0.6) is 0 Å². The number of non-ortho nitro benzene ring substituents is 1. The van der Waals surface area contributed by atoms with Crippen molar-refractivity contribution in [1.82, 2.24) is 0 Å². The van der Waals surface area contributed by atoms with Crippen molar-refractivity contribution in [2.45, 2.75) is 18.2 Å². The molecule has 0 aliphatic carbocycles. The first kappa shape index (κ1) is 14.3. The quantitative estimate of drug-likeness (QED) is 0.510. The van der Waals surface area contributed by atoms with E-state index in [-0.39, 0.29) is 23.5 Å². The SMILES string of the molecule is CC(=O)C(Br)c1ccc([N+](=O)[O-])cc1CC(=O)O. The molecule has 1 aromatic carbocycles. The molecule has 0 spiro atoms. The zero-order valence-corrected chi connectivity index (χ0v) is 11.0. The molecule has 1 unspecified atom stereocenters. The number of carboxylic acids is 1. The maximum atomic E-state index is 11.3. The first-order valence-electron chi connectivity index (χ1n) is 4.96. The summed E-state index contributed by atoms with van der Waals surface area (Å²) in [5.74, 6) is -1.31. The summed E-state index contributed by atoms with van der Waals surface area (Å²) in [6.45, 7) is 1.35. The fraction of sp³-hybridized carbons (Fsp3) is 0.273. The van der Waals surface area contributed by atoms with Crippen LogP contribution in [0.15, 0.2) is 18.2 Å². The number of carboxylic acid groups (broad SMARTS) is 1. The molecule has 0 aliphatic rings. The number of halogens is 1. The minimum absolute atomic E-state index is 0.196. The molecule has 0 saturated heterocycles. The summed E-state index contributed by atoms with van der Waals surface area (Å²) in [5, 5.41) is 19.4. The van der Waals surface area contributed by atoms with Crippen LogP contribution in [0.25, 0.3) is 0 Å². The van der Waals surface area contributed by atoms with Crippen molar-refractivity contribution >= 4 is 33.4 Å². The average molecular weight is 316 g/mol. The molecular formula is C11H10BrNO5. The predicted octanol–water partition coefficient (Wildman–Crippen LogP) is 2.25. The Labute approximate surface area is 111 Å². The monoisotopic (exact) mass is 315 g/mol. The largest absolute Gasteiger partial charge is 0.481 e. The molecule has 0 aliphatic heterocycles. The van der Waals surface area contributed by atoms with Crippen LogP contribution in [-0.4, -0.2) is 21.8 Å². The van der Waals surface area contributed by atoms with Crippen molar-refractivity contribution in [3.63, 3.8) is 0 Å². The second-order valence-corrected chi connectivity index (χ2v) is 4.60. The maximum Gasteiger partial charge on any atom is 0.307 e. The molecule has 1 rings (SSSR count). The number of Topliss-reactive ketones (excluding diaryl/α,β-unsaturated/α-hetero) is 1. The molecule has 7 heteroatoms. The molecule has 96 valence electrons. The first-order valence-corrected chi connectivity index (χ1v) is 5.88. The Morgan fingerprint density at radius 1 is 1.50 bits per heavy atom. The summed E-state index contributed by atoms with van der Waals surface area (Å²) in [5.41, 5.74) is 0.502. The molecule has 0 saturated carbocycles. The Balaban J connectivity index is 3.28. The van der Waals surface area contributed by atoms with Gasteiger partial charge in [0.15, 0.2) is 0 Å². The molecule has 0 fully saturated rings. The lowest BCUT2D eigenvalue weighted by Gasteiger charge is -2.11. The number of benzene rings is 1. The lowest BCUT2D eigenvalue weighted by Crippen LogP contribution is -2.09.